The summed E-state index contributed by atoms with van der Waals surface area (Å²) < 4.78 is 6.86. The van der Waals surface area contributed by atoms with Crippen molar-refractivity contribution in [3.05, 3.63) is 29.6 Å². The number of anilines is 1. The third-order valence-electron chi connectivity index (χ3n) is 5.37. The van der Waals surface area contributed by atoms with Gasteiger partial charge >= 0.3 is 6.09 Å². The SMILES string of the molecule is CCN(CCCCN1CCN(c2cccc3sccc23)CC1)C(=O)OC(C)(C)C.Cl. The Labute approximate surface area is 191 Å². The zero-order valence-electron chi connectivity index (χ0n) is 18.7. The molecule has 1 amide bonds. The number of unbranched alkanes of at least 4 members (excludes halogenated alkanes) is 1. The molecule has 2 aromatic rings. The molecule has 1 saturated heterocycles. The van der Waals surface area contributed by atoms with E-state index in [2.05, 4.69) is 39.4 Å². The number of fused-ring (bicyclic) bond motifs is 1. The highest BCUT2D eigenvalue weighted by Crippen LogP contribution is 2.31. The number of benzene rings is 1. The third kappa shape index (κ3) is 6.76. The lowest BCUT2D eigenvalue weighted by Gasteiger charge is -2.36. The number of ether oxygens (including phenoxy) is 1. The molecule has 1 aliphatic rings. The zero-order chi connectivity index (χ0) is 20.9. The number of carbonyl (C=O) groups is 1. The van der Waals surface area contributed by atoms with Gasteiger partial charge in [-0.2, -0.15) is 0 Å². The van der Waals surface area contributed by atoms with Gasteiger partial charge in [-0.1, -0.05) is 6.07 Å². The van der Waals surface area contributed by atoms with Crippen LogP contribution in [-0.4, -0.2) is 67.3 Å². The van der Waals surface area contributed by atoms with Crippen molar-refractivity contribution in [1.29, 1.82) is 0 Å². The monoisotopic (exact) mass is 453 g/mol. The number of hydrogen-bond acceptors (Lipinski definition) is 5. The summed E-state index contributed by atoms with van der Waals surface area (Å²) in [5.41, 5.74) is 0.941. The van der Waals surface area contributed by atoms with Crippen LogP contribution in [0.3, 0.4) is 0 Å². The molecule has 1 aromatic carbocycles. The van der Waals surface area contributed by atoms with Gasteiger partial charge in [0.15, 0.2) is 0 Å². The number of nitrogens with zero attached hydrogens (tertiary/aromatic N) is 3. The number of rotatable bonds is 7. The second kappa shape index (κ2) is 11.2. The van der Waals surface area contributed by atoms with E-state index in [0.717, 1.165) is 52.1 Å². The van der Waals surface area contributed by atoms with Crippen molar-refractivity contribution >= 4 is 45.6 Å². The van der Waals surface area contributed by atoms with Crippen LogP contribution in [0.1, 0.15) is 40.5 Å². The number of hydrogen-bond donors (Lipinski definition) is 0. The molecule has 3 rings (SSSR count). The molecule has 0 saturated carbocycles. The minimum absolute atomic E-state index is 0. The van der Waals surface area contributed by atoms with Crippen molar-refractivity contribution in [2.24, 2.45) is 0 Å². The van der Waals surface area contributed by atoms with Crippen molar-refractivity contribution in [3.63, 3.8) is 0 Å². The summed E-state index contributed by atoms with van der Waals surface area (Å²) in [6, 6.07) is 8.87. The van der Waals surface area contributed by atoms with Gasteiger partial charge in [0.1, 0.15) is 5.60 Å². The fraction of sp³-hybridized carbons (Fsp3) is 0.609. The van der Waals surface area contributed by atoms with Gasteiger partial charge < -0.3 is 14.5 Å². The van der Waals surface area contributed by atoms with Crippen LogP contribution in [0.15, 0.2) is 29.6 Å². The second-order valence-electron chi connectivity index (χ2n) is 8.71. The van der Waals surface area contributed by atoms with Crippen LogP contribution in [0.25, 0.3) is 10.1 Å². The molecule has 0 aliphatic carbocycles. The number of carbonyl (C=O) groups excluding carboxylic acids is 1. The highest BCUT2D eigenvalue weighted by molar-refractivity contribution is 7.17. The van der Waals surface area contributed by atoms with Gasteiger partial charge in [-0.15, -0.1) is 23.7 Å². The molecule has 168 valence electrons. The maximum Gasteiger partial charge on any atom is 0.410 e. The standard InChI is InChI=1S/C23H35N3O2S.ClH/c1-5-25(22(27)28-23(2,3)4)13-7-6-12-24-14-16-26(17-15-24)20-9-8-10-21-19(20)11-18-29-21;/h8-11,18H,5-7,12-17H2,1-4H3;1H. The highest BCUT2D eigenvalue weighted by Gasteiger charge is 2.21. The molecule has 0 radical (unpaired) electrons. The maximum absolute atomic E-state index is 12.2. The van der Waals surface area contributed by atoms with Crippen LogP contribution < -0.4 is 4.90 Å². The van der Waals surface area contributed by atoms with E-state index >= 15 is 0 Å². The van der Waals surface area contributed by atoms with Crippen LogP contribution in [0.4, 0.5) is 10.5 Å². The average Bonchev–Trinajstić information content (AvgIpc) is 3.16. The Balaban J connectivity index is 0.00000320. The first-order chi connectivity index (χ1) is 13.9. The van der Waals surface area contributed by atoms with Crippen molar-refractivity contribution in [2.45, 2.75) is 46.1 Å². The normalized spacial score (nSPS) is 15.1. The number of amides is 1. The Morgan fingerprint density at radius 3 is 2.53 bits per heavy atom. The Bertz CT molecular complexity index is 797. The molecule has 7 heteroatoms. The number of piperazine rings is 1. The van der Waals surface area contributed by atoms with E-state index < -0.39 is 5.60 Å². The molecular weight excluding hydrogens is 418 g/mol. The fourth-order valence-corrected chi connectivity index (χ4v) is 4.62. The van der Waals surface area contributed by atoms with Crippen molar-refractivity contribution < 1.29 is 9.53 Å². The summed E-state index contributed by atoms with van der Waals surface area (Å²) in [6.45, 7) is 14.7. The van der Waals surface area contributed by atoms with Gasteiger partial charge in [-0.3, -0.25) is 4.90 Å². The van der Waals surface area contributed by atoms with Crippen LogP contribution in [0, 0.1) is 0 Å². The van der Waals surface area contributed by atoms with Crippen LogP contribution in [-0.2, 0) is 4.74 Å². The lowest BCUT2D eigenvalue weighted by molar-refractivity contribution is 0.0256. The molecule has 1 aromatic heterocycles. The van der Waals surface area contributed by atoms with E-state index in [1.165, 1.54) is 15.8 Å². The maximum atomic E-state index is 12.2. The molecule has 0 unspecified atom stereocenters. The van der Waals surface area contributed by atoms with Gasteiger partial charge in [0.25, 0.3) is 0 Å². The minimum Gasteiger partial charge on any atom is -0.444 e. The number of halogens is 1. The lowest BCUT2D eigenvalue weighted by Crippen LogP contribution is -2.46. The predicted octanol–water partition coefficient (Wildman–Crippen LogP) is 5.48. The quantitative estimate of drug-likeness (QED) is 0.520. The first-order valence-electron chi connectivity index (χ1n) is 10.8. The molecule has 1 aliphatic heterocycles. The summed E-state index contributed by atoms with van der Waals surface area (Å²) in [5.74, 6) is 0. The van der Waals surface area contributed by atoms with E-state index in [9.17, 15) is 4.79 Å². The smallest absolute Gasteiger partial charge is 0.410 e. The lowest BCUT2D eigenvalue weighted by atomic mass is 10.1. The summed E-state index contributed by atoms with van der Waals surface area (Å²) in [7, 11) is 0. The van der Waals surface area contributed by atoms with E-state index in [-0.39, 0.29) is 18.5 Å². The zero-order valence-corrected chi connectivity index (χ0v) is 20.4. The molecule has 0 bridgehead atoms. The van der Waals surface area contributed by atoms with Gasteiger partial charge in [0, 0.05) is 55.0 Å². The van der Waals surface area contributed by atoms with Crippen molar-refractivity contribution in [1.82, 2.24) is 9.80 Å². The minimum atomic E-state index is -0.433. The molecule has 0 spiro atoms. The number of thiophene rings is 1. The average molecular weight is 454 g/mol. The van der Waals surface area contributed by atoms with E-state index in [1.807, 2.05) is 43.9 Å². The van der Waals surface area contributed by atoms with Gasteiger partial charge in [-0.05, 0) is 70.7 Å². The largest absolute Gasteiger partial charge is 0.444 e. The van der Waals surface area contributed by atoms with Crippen LogP contribution in [0.5, 0.6) is 0 Å². The molecule has 30 heavy (non-hydrogen) atoms. The molecule has 0 N–H and O–H groups in total. The first-order valence-corrected chi connectivity index (χ1v) is 11.7. The van der Waals surface area contributed by atoms with E-state index in [0.29, 0.717) is 6.54 Å². The Hall–Kier alpha value is -1.50. The topological polar surface area (TPSA) is 36.0 Å². The molecule has 2 heterocycles. The van der Waals surface area contributed by atoms with Gasteiger partial charge in [0.05, 0.1) is 0 Å². The van der Waals surface area contributed by atoms with E-state index in [4.69, 9.17) is 4.74 Å². The fourth-order valence-electron chi connectivity index (χ4n) is 3.81. The summed E-state index contributed by atoms with van der Waals surface area (Å²) in [5, 5.41) is 3.56. The van der Waals surface area contributed by atoms with Crippen molar-refractivity contribution in [2.75, 3.05) is 50.7 Å². The Kier molecular flexibility index (Phi) is 9.26. The third-order valence-corrected chi connectivity index (χ3v) is 6.25. The van der Waals surface area contributed by atoms with Gasteiger partial charge in [0.2, 0.25) is 0 Å². The Morgan fingerprint density at radius 2 is 1.87 bits per heavy atom. The van der Waals surface area contributed by atoms with Crippen LogP contribution >= 0.6 is 23.7 Å². The van der Waals surface area contributed by atoms with Crippen molar-refractivity contribution in [3.8, 4) is 0 Å². The molecule has 5 nitrogen and oxygen atoms in total. The molecule has 1 fully saturated rings. The highest BCUT2D eigenvalue weighted by atomic mass is 35.5. The second-order valence-corrected chi connectivity index (χ2v) is 9.65. The predicted molar refractivity (Wildman–Crippen MR) is 130 cm³/mol. The van der Waals surface area contributed by atoms with Gasteiger partial charge in [-0.25, -0.2) is 4.79 Å². The Morgan fingerprint density at radius 1 is 1.13 bits per heavy atom. The van der Waals surface area contributed by atoms with Crippen LogP contribution in [0.2, 0.25) is 0 Å². The summed E-state index contributed by atoms with van der Waals surface area (Å²) >= 11 is 1.81. The molecule has 0 atom stereocenters. The molecular formula is C23H36ClN3O2S. The van der Waals surface area contributed by atoms with E-state index in [1.54, 1.807) is 0 Å². The summed E-state index contributed by atoms with van der Waals surface area (Å²) in [6.07, 6.45) is 1.93. The summed E-state index contributed by atoms with van der Waals surface area (Å²) in [4.78, 5) is 19.1. The first kappa shape index (κ1) is 24.8.